The summed E-state index contributed by atoms with van der Waals surface area (Å²) in [6, 6.07) is 20.7. The molecule has 3 atom stereocenters. The quantitative estimate of drug-likeness (QED) is 0.273. The molecular formula is C35H45N3O4. The predicted molar refractivity (Wildman–Crippen MR) is 168 cm³/mol. The number of aryl methyl sites for hydroxylation is 2. The minimum atomic E-state index is -0.963. The molecule has 3 aromatic rings. The summed E-state index contributed by atoms with van der Waals surface area (Å²) in [5.41, 5.74) is 4.43. The zero-order valence-corrected chi connectivity index (χ0v) is 26.2. The van der Waals surface area contributed by atoms with E-state index in [1.807, 2.05) is 107 Å². The minimum absolute atomic E-state index is 0.241. The molecule has 7 nitrogen and oxygen atoms in total. The lowest BCUT2D eigenvalue weighted by molar-refractivity contribution is -0.143. The zero-order chi connectivity index (χ0) is 31.0. The molecule has 0 bridgehead atoms. The zero-order valence-electron chi connectivity index (χ0n) is 26.2. The van der Waals surface area contributed by atoms with Gasteiger partial charge >= 0.3 is 6.09 Å². The van der Waals surface area contributed by atoms with Gasteiger partial charge in [-0.25, -0.2) is 4.79 Å². The van der Waals surface area contributed by atoms with E-state index in [2.05, 4.69) is 10.6 Å². The third-order valence-corrected chi connectivity index (χ3v) is 7.46. The number of benzene rings is 3. The van der Waals surface area contributed by atoms with Crippen LogP contribution in [0, 0.1) is 20.8 Å². The Morgan fingerprint density at radius 2 is 1.48 bits per heavy atom. The maximum Gasteiger partial charge on any atom is 0.408 e. The van der Waals surface area contributed by atoms with E-state index >= 15 is 0 Å². The van der Waals surface area contributed by atoms with Gasteiger partial charge < -0.3 is 20.3 Å². The number of hydrogen-bond donors (Lipinski definition) is 2. The van der Waals surface area contributed by atoms with Gasteiger partial charge in [-0.15, -0.1) is 0 Å². The fourth-order valence-corrected chi connectivity index (χ4v) is 4.88. The highest BCUT2D eigenvalue weighted by molar-refractivity contribution is 5.99. The summed E-state index contributed by atoms with van der Waals surface area (Å²) in [4.78, 5) is 43.6. The Balaban J connectivity index is 2.13. The Morgan fingerprint density at radius 1 is 0.857 bits per heavy atom. The van der Waals surface area contributed by atoms with E-state index in [1.54, 1.807) is 25.7 Å². The summed E-state index contributed by atoms with van der Waals surface area (Å²) in [6.07, 6.45) is 0.161. The molecule has 3 unspecified atom stereocenters. The second-order valence-corrected chi connectivity index (χ2v) is 11.9. The largest absolute Gasteiger partial charge is 0.444 e. The Bertz CT molecular complexity index is 1380. The highest BCUT2D eigenvalue weighted by Gasteiger charge is 2.39. The van der Waals surface area contributed by atoms with Gasteiger partial charge in [-0.2, -0.15) is 0 Å². The summed E-state index contributed by atoms with van der Waals surface area (Å²) in [5.74, 6) is -0.674. The molecule has 0 saturated carbocycles. The van der Waals surface area contributed by atoms with Crippen LogP contribution in [-0.4, -0.2) is 40.5 Å². The van der Waals surface area contributed by atoms with Crippen LogP contribution in [0.1, 0.15) is 74.9 Å². The van der Waals surface area contributed by atoms with Crippen molar-refractivity contribution in [2.24, 2.45) is 0 Å². The van der Waals surface area contributed by atoms with E-state index in [-0.39, 0.29) is 24.3 Å². The summed E-state index contributed by atoms with van der Waals surface area (Å²) in [6.45, 7) is 15.1. The highest BCUT2D eigenvalue weighted by atomic mass is 16.6. The highest BCUT2D eigenvalue weighted by Crippen LogP contribution is 2.31. The molecule has 0 saturated heterocycles. The Morgan fingerprint density at radius 3 is 2.10 bits per heavy atom. The number of amides is 3. The number of nitrogens with zero attached hydrogens (tertiary/aromatic N) is 1. The van der Waals surface area contributed by atoms with Crippen LogP contribution in [0.25, 0.3) is 0 Å². The molecule has 3 amide bonds. The molecule has 42 heavy (non-hydrogen) atoms. The molecule has 0 heterocycles. The number of nitrogens with one attached hydrogen (secondary N) is 2. The van der Waals surface area contributed by atoms with E-state index < -0.39 is 23.8 Å². The molecular weight excluding hydrogens is 526 g/mol. The van der Waals surface area contributed by atoms with Gasteiger partial charge in [-0.3, -0.25) is 9.59 Å². The molecule has 224 valence electrons. The van der Waals surface area contributed by atoms with Crippen molar-refractivity contribution in [1.29, 1.82) is 0 Å². The van der Waals surface area contributed by atoms with Crippen molar-refractivity contribution < 1.29 is 19.1 Å². The molecule has 0 fully saturated rings. The number of anilines is 1. The fourth-order valence-electron chi connectivity index (χ4n) is 4.88. The molecule has 3 aromatic carbocycles. The first-order chi connectivity index (χ1) is 19.8. The summed E-state index contributed by atoms with van der Waals surface area (Å²) < 4.78 is 5.54. The van der Waals surface area contributed by atoms with Crippen LogP contribution < -0.4 is 10.6 Å². The first-order valence-electron chi connectivity index (χ1n) is 14.6. The van der Waals surface area contributed by atoms with Gasteiger partial charge in [0.15, 0.2) is 0 Å². The number of para-hydroxylation sites is 1. The van der Waals surface area contributed by atoms with Crippen molar-refractivity contribution in [1.82, 2.24) is 10.2 Å². The van der Waals surface area contributed by atoms with Crippen LogP contribution in [0.4, 0.5) is 10.5 Å². The van der Waals surface area contributed by atoms with Gasteiger partial charge in [0, 0.05) is 18.2 Å². The standard InChI is InChI=1S/C35H45N3O4/c1-9-25(4)38(33(40)30(22-27-18-11-10-12-19-27)37-34(41)42-35(6,7)8)31(28-20-15-17-23(2)26(28)5)32(39)36-29-21-14-13-16-24(29)3/h10-21,25,30-31H,9,22H2,1-8H3,(H,36,39)(H,37,41). The molecule has 0 aliphatic rings. The van der Waals surface area contributed by atoms with Crippen molar-refractivity contribution in [2.75, 3.05) is 5.32 Å². The molecule has 0 radical (unpaired) electrons. The van der Waals surface area contributed by atoms with E-state index in [0.717, 1.165) is 27.8 Å². The lowest BCUT2D eigenvalue weighted by Crippen LogP contribution is -2.55. The first kappa shape index (κ1) is 32.4. The van der Waals surface area contributed by atoms with Crippen molar-refractivity contribution >= 4 is 23.6 Å². The van der Waals surface area contributed by atoms with Crippen molar-refractivity contribution in [3.8, 4) is 0 Å². The Kier molecular flexibility index (Phi) is 10.9. The van der Waals surface area contributed by atoms with E-state index in [9.17, 15) is 14.4 Å². The first-order valence-corrected chi connectivity index (χ1v) is 14.6. The smallest absolute Gasteiger partial charge is 0.408 e. The Labute approximate surface area is 250 Å². The topological polar surface area (TPSA) is 87.7 Å². The average Bonchev–Trinajstić information content (AvgIpc) is 2.93. The molecule has 0 spiro atoms. The van der Waals surface area contributed by atoms with Gasteiger partial charge in [0.05, 0.1) is 0 Å². The molecule has 0 aliphatic carbocycles. The van der Waals surface area contributed by atoms with Gasteiger partial charge in [0.2, 0.25) is 5.91 Å². The van der Waals surface area contributed by atoms with Crippen LogP contribution >= 0.6 is 0 Å². The maximum absolute atomic E-state index is 14.7. The third-order valence-electron chi connectivity index (χ3n) is 7.46. The van der Waals surface area contributed by atoms with E-state index in [1.165, 1.54) is 0 Å². The van der Waals surface area contributed by atoms with Crippen LogP contribution in [0.2, 0.25) is 0 Å². The van der Waals surface area contributed by atoms with Gasteiger partial charge in [-0.05, 0) is 88.8 Å². The van der Waals surface area contributed by atoms with Crippen LogP contribution in [0.3, 0.4) is 0 Å². The summed E-state index contributed by atoms with van der Waals surface area (Å²) in [7, 11) is 0. The second-order valence-electron chi connectivity index (χ2n) is 11.9. The third kappa shape index (κ3) is 8.44. The van der Waals surface area contributed by atoms with Crippen molar-refractivity contribution in [3.63, 3.8) is 0 Å². The number of alkyl carbamates (subject to hydrolysis) is 1. The van der Waals surface area contributed by atoms with E-state index in [0.29, 0.717) is 12.1 Å². The number of carbonyl (C=O) groups excluding carboxylic acids is 3. The molecule has 7 heteroatoms. The van der Waals surface area contributed by atoms with Gasteiger partial charge in [-0.1, -0.05) is 73.7 Å². The summed E-state index contributed by atoms with van der Waals surface area (Å²) in [5, 5.41) is 5.91. The number of ether oxygens (including phenoxy) is 1. The van der Waals surface area contributed by atoms with E-state index in [4.69, 9.17) is 4.74 Å². The normalized spacial score (nSPS) is 13.4. The lowest BCUT2D eigenvalue weighted by atomic mass is 9.93. The van der Waals surface area contributed by atoms with Crippen molar-refractivity contribution in [2.45, 2.75) is 92.0 Å². The average molecular weight is 572 g/mol. The van der Waals surface area contributed by atoms with Crippen LogP contribution in [0.15, 0.2) is 72.8 Å². The number of rotatable bonds is 10. The fraction of sp³-hybridized carbons (Fsp3) is 0.400. The second kappa shape index (κ2) is 14.2. The molecule has 3 rings (SSSR count). The number of hydrogen-bond acceptors (Lipinski definition) is 4. The summed E-state index contributed by atoms with van der Waals surface area (Å²) >= 11 is 0. The predicted octanol–water partition coefficient (Wildman–Crippen LogP) is 7.05. The molecule has 0 aromatic heterocycles. The van der Waals surface area contributed by atoms with Crippen LogP contribution in [-0.2, 0) is 20.7 Å². The monoisotopic (exact) mass is 571 g/mol. The SMILES string of the molecule is CCC(C)N(C(=O)C(Cc1ccccc1)NC(=O)OC(C)(C)C)C(C(=O)Nc1ccccc1C)c1cccc(C)c1C. The van der Waals surface area contributed by atoms with Gasteiger partial charge in [0.25, 0.3) is 5.91 Å². The van der Waals surface area contributed by atoms with Gasteiger partial charge in [0.1, 0.15) is 17.7 Å². The molecule has 2 N–H and O–H groups in total. The maximum atomic E-state index is 14.7. The Hall–Kier alpha value is -4.13. The van der Waals surface area contributed by atoms with Crippen molar-refractivity contribution in [3.05, 3.63) is 101 Å². The lowest BCUT2D eigenvalue weighted by Gasteiger charge is -2.39. The molecule has 0 aliphatic heterocycles. The number of carbonyl (C=O) groups is 3. The van der Waals surface area contributed by atoms with Crippen LogP contribution in [0.5, 0.6) is 0 Å². The minimum Gasteiger partial charge on any atom is -0.444 e.